The van der Waals surface area contributed by atoms with Gasteiger partial charge in [0.2, 0.25) is 5.91 Å². The Balaban J connectivity index is 1.73. The Hall–Kier alpha value is -3.00. The maximum Gasteiger partial charge on any atom is 0.246 e. The fourth-order valence-corrected chi connectivity index (χ4v) is 2.32. The molecule has 3 aromatic rings. The summed E-state index contributed by atoms with van der Waals surface area (Å²) < 4.78 is 25.4. The topological polar surface area (TPSA) is 78.3 Å². The minimum Gasteiger partial charge on any atom is -0.489 e. The minimum atomic E-state index is -0.472. The zero-order valence-electron chi connectivity index (χ0n) is 13.6. The first-order chi connectivity index (χ1) is 12.2. The van der Waals surface area contributed by atoms with Crippen molar-refractivity contribution in [2.45, 2.75) is 6.54 Å². The van der Waals surface area contributed by atoms with Crippen LogP contribution in [0, 0.1) is 5.82 Å². The lowest BCUT2D eigenvalue weighted by molar-refractivity contribution is -0.116. The van der Waals surface area contributed by atoms with Gasteiger partial charge in [0.1, 0.15) is 30.2 Å². The van der Waals surface area contributed by atoms with Crippen LogP contribution in [0.1, 0.15) is 0 Å². The summed E-state index contributed by atoms with van der Waals surface area (Å²) >= 11 is 0. The van der Waals surface area contributed by atoms with E-state index in [1.165, 1.54) is 22.9 Å². The third-order valence-electron chi connectivity index (χ3n) is 3.47. The fraction of sp³-hybridized carbons (Fsp3) is 0.235. The van der Waals surface area contributed by atoms with Crippen molar-refractivity contribution in [2.24, 2.45) is 0 Å². The number of carbonyl (C=O) groups is 1. The van der Waals surface area contributed by atoms with Gasteiger partial charge in [-0.2, -0.15) is 0 Å². The van der Waals surface area contributed by atoms with Crippen LogP contribution in [0.4, 0.5) is 10.1 Å². The van der Waals surface area contributed by atoms with E-state index >= 15 is 0 Å². The molecule has 0 saturated heterocycles. The molecule has 0 spiro atoms. The van der Waals surface area contributed by atoms with Crippen molar-refractivity contribution in [3.05, 3.63) is 48.3 Å². The molecule has 0 unspecified atom stereocenters. The number of para-hydroxylation sites is 1. The second-order valence-electron chi connectivity index (χ2n) is 5.27. The number of benzene rings is 2. The van der Waals surface area contributed by atoms with Gasteiger partial charge in [-0.05, 0) is 24.3 Å². The molecule has 8 heteroatoms. The number of amides is 1. The van der Waals surface area contributed by atoms with Crippen molar-refractivity contribution < 1.29 is 18.7 Å². The molecule has 1 N–H and O–H groups in total. The first-order valence-electron chi connectivity index (χ1n) is 7.67. The lowest BCUT2D eigenvalue weighted by Gasteiger charge is -2.12. The standard InChI is InChI=1S/C17H17FN4O3/c1-24-8-9-25-16-7-6-12(18)10-14(16)19-17(23)11-22-15-5-3-2-4-13(15)20-21-22/h2-7,10H,8-9,11H2,1H3,(H,19,23). The van der Waals surface area contributed by atoms with Gasteiger partial charge in [-0.3, -0.25) is 4.79 Å². The van der Waals surface area contributed by atoms with E-state index in [0.29, 0.717) is 24.5 Å². The average Bonchev–Trinajstić information content (AvgIpc) is 3.00. The van der Waals surface area contributed by atoms with Gasteiger partial charge in [0, 0.05) is 13.2 Å². The summed E-state index contributed by atoms with van der Waals surface area (Å²) in [7, 11) is 1.55. The Bertz CT molecular complexity index is 881. The summed E-state index contributed by atoms with van der Waals surface area (Å²) in [5, 5.41) is 10.6. The molecule has 7 nitrogen and oxygen atoms in total. The molecule has 0 aliphatic heterocycles. The van der Waals surface area contributed by atoms with E-state index in [1.54, 1.807) is 7.11 Å². The Morgan fingerprint density at radius 1 is 1.24 bits per heavy atom. The molecule has 1 heterocycles. The minimum absolute atomic E-state index is 0.0471. The number of carbonyl (C=O) groups excluding carboxylic acids is 1. The monoisotopic (exact) mass is 344 g/mol. The van der Waals surface area contributed by atoms with Gasteiger partial charge in [0.15, 0.2) is 0 Å². The highest BCUT2D eigenvalue weighted by Crippen LogP contribution is 2.25. The van der Waals surface area contributed by atoms with Crippen molar-refractivity contribution in [1.29, 1.82) is 0 Å². The van der Waals surface area contributed by atoms with Gasteiger partial charge in [-0.25, -0.2) is 9.07 Å². The van der Waals surface area contributed by atoms with Crippen LogP contribution in [0.3, 0.4) is 0 Å². The van der Waals surface area contributed by atoms with Crippen molar-refractivity contribution in [1.82, 2.24) is 15.0 Å². The summed E-state index contributed by atoms with van der Waals surface area (Å²) in [6.07, 6.45) is 0. The molecule has 3 rings (SSSR count). The summed E-state index contributed by atoms with van der Waals surface area (Å²) in [5.41, 5.74) is 1.70. The molecule has 0 fully saturated rings. The highest BCUT2D eigenvalue weighted by atomic mass is 19.1. The first kappa shape index (κ1) is 16.8. The van der Waals surface area contributed by atoms with Crippen LogP contribution in [-0.4, -0.2) is 41.2 Å². The number of hydrogen-bond donors (Lipinski definition) is 1. The van der Waals surface area contributed by atoms with Crippen LogP contribution in [-0.2, 0) is 16.1 Å². The number of nitrogens with zero attached hydrogens (tertiary/aromatic N) is 3. The zero-order chi connectivity index (χ0) is 17.6. The smallest absolute Gasteiger partial charge is 0.246 e. The molecule has 130 valence electrons. The lowest BCUT2D eigenvalue weighted by atomic mass is 10.2. The van der Waals surface area contributed by atoms with E-state index < -0.39 is 5.82 Å². The highest BCUT2D eigenvalue weighted by molar-refractivity contribution is 5.92. The Kier molecular flexibility index (Phi) is 5.20. The molecule has 25 heavy (non-hydrogen) atoms. The second-order valence-corrected chi connectivity index (χ2v) is 5.27. The summed E-state index contributed by atoms with van der Waals surface area (Å²) in [5.74, 6) is -0.464. The molecule has 0 radical (unpaired) electrons. The molecule has 0 bridgehead atoms. The number of nitrogens with one attached hydrogen (secondary N) is 1. The van der Waals surface area contributed by atoms with Crippen molar-refractivity contribution >= 4 is 22.6 Å². The van der Waals surface area contributed by atoms with Crippen LogP contribution < -0.4 is 10.1 Å². The van der Waals surface area contributed by atoms with E-state index in [4.69, 9.17) is 9.47 Å². The van der Waals surface area contributed by atoms with Crippen LogP contribution in [0.5, 0.6) is 5.75 Å². The van der Waals surface area contributed by atoms with E-state index in [1.807, 2.05) is 24.3 Å². The number of rotatable bonds is 7. The van der Waals surface area contributed by atoms with Crippen molar-refractivity contribution in [3.8, 4) is 5.75 Å². The Morgan fingerprint density at radius 2 is 2.08 bits per heavy atom. The predicted octanol–water partition coefficient (Wildman–Crippen LogP) is 2.23. The molecule has 0 aliphatic carbocycles. The maximum atomic E-state index is 13.5. The number of anilines is 1. The maximum absolute atomic E-state index is 13.5. The number of methoxy groups -OCH3 is 1. The molecule has 0 aliphatic rings. The van der Waals surface area contributed by atoms with Crippen LogP contribution in [0.25, 0.3) is 11.0 Å². The molecular formula is C17H17FN4O3. The summed E-state index contributed by atoms with van der Waals surface area (Å²) in [6, 6.07) is 11.3. The average molecular weight is 344 g/mol. The quantitative estimate of drug-likeness (QED) is 0.665. The van der Waals surface area contributed by atoms with E-state index in [-0.39, 0.29) is 18.1 Å². The van der Waals surface area contributed by atoms with Gasteiger partial charge < -0.3 is 14.8 Å². The zero-order valence-corrected chi connectivity index (χ0v) is 13.6. The number of ether oxygens (including phenoxy) is 2. The van der Waals surface area contributed by atoms with E-state index in [9.17, 15) is 9.18 Å². The highest BCUT2D eigenvalue weighted by Gasteiger charge is 2.12. The molecular weight excluding hydrogens is 327 g/mol. The van der Waals surface area contributed by atoms with Crippen LogP contribution in [0.15, 0.2) is 42.5 Å². The second kappa shape index (κ2) is 7.71. The Labute approximate surface area is 143 Å². The van der Waals surface area contributed by atoms with E-state index in [0.717, 1.165) is 5.52 Å². The van der Waals surface area contributed by atoms with Gasteiger partial charge in [0.25, 0.3) is 0 Å². The van der Waals surface area contributed by atoms with Gasteiger partial charge in [0.05, 0.1) is 17.8 Å². The van der Waals surface area contributed by atoms with Crippen molar-refractivity contribution in [2.75, 3.05) is 25.6 Å². The van der Waals surface area contributed by atoms with Gasteiger partial charge >= 0.3 is 0 Å². The fourth-order valence-electron chi connectivity index (χ4n) is 2.32. The molecule has 2 aromatic carbocycles. The van der Waals surface area contributed by atoms with Gasteiger partial charge in [-0.1, -0.05) is 17.3 Å². The predicted molar refractivity (Wildman–Crippen MR) is 89.9 cm³/mol. The van der Waals surface area contributed by atoms with Gasteiger partial charge in [-0.15, -0.1) is 5.10 Å². The molecule has 0 saturated carbocycles. The molecule has 1 aromatic heterocycles. The lowest BCUT2D eigenvalue weighted by Crippen LogP contribution is -2.20. The van der Waals surface area contributed by atoms with Crippen molar-refractivity contribution in [3.63, 3.8) is 0 Å². The van der Waals surface area contributed by atoms with Crippen LogP contribution >= 0.6 is 0 Å². The number of aromatic nitrogens is 3. The molecule has 0 atom stereocenters. The SMILES string of the molecule is COCCOc1ccc(F)cc1NC(=O)Cn1nnc2ccccc21. The number of fused-ring (bicyclic) bond motifs is 1. The van der Waals surface area contributed by atoms with E-state index in [2.05, 4.69) is 15.6 Å². The third kappa shape index (κ3) is 4.10. The number of halogens is 1. The van der Waals surface area contributed by atoms with Crippen LogP contribution in [0.2, 0.25) is 0 Å². The first-order valence-corrected chi connectivity index (χ1v) is 7.67. The normalized spacial score (nSPS) is 10.8. The largest absolute Gasteiger partial charge is 0.489 e. The summed E-state index contributed by atoms with van der Waals surface area (Å²) in [6.45, 7) is 0.628. The summed E-state index contributed by atoms with van der Waals surface area (Å²) in [4.78, 5) is 12.3. The Morgan fingerprint density at radius 3 is 2.92 bits per heavy atom. The third-order valence-corrected chi connectivity index (χ3v) is 3.47. The molecule has 1 amide bonds. The number of hydrogen-bond acceptors (Lipinski definition) is 5.